The predicted octanol–water partition coefficient (Wildman–Crippen LogP) is 3.86. The first-order valence-corrected chi connectivity index (χ1v) is 12.7. The highest BCUT2D eigenvalue weighted by Crippen LogP contribution is 2.28. The molecule has 190 valence electrons. The van der Waals surface area contributed by atoms with Crippen LogP contribution in [-0.4, -0.2) is 74.0 Å². The van der Waals surface area contributed by atoms with Gasteiger partial charge in [0.25, 0.3) is 11.9 Å². The van der Waals surface area contributed by atoms with Crippen molar-refractivity contribution >= 4 is 0 Å². The van der Waals surface area contributed by atoms with Gasteiger partial charge in [-0.1, -0.05) is 52.4 Å². The second kappa shape index (κ2) is 15.6. The SMILES string of the molecule is CCCCCC1(O)OCC(COCCCCCCOCC2COC(O)(CCCCC)O2)O1. The summed E-state index contributed by atoms with van der Waals surface area (Å²) in [7, 11) is 0. The maximum Gasteiger partial charge on any atom is 0.280 e. The summed E-state index contributed by atoms with van der Waals surface area (Å²) in [5.41, 5.74) is 0. The Morgan fingerprint density at radius 2 is 1.09 bits per heavy atom. The lowest BCUT2D eigenvalue weighted by molar-refractivity contribution is -0.317. The second-order valence-electron chi connectivity index (χ2n) is 9.01. The summed E-state index contributed by atoms with van der Waals surface area (Å²) >= 11 is 0. The van der Waals surface area contributed by atoms with Gasteiger partial charge in [-0.2, -0.15) is 0 Å². The molecule has 2 rings (SSSR count). The fourth-order valence-corrected chi connectivity index (χ4v) is 3.92. The number of unbranched alkanes of at least 4 members (excludes halogenated alkanes) is 7. The molecule has 0 aromatic rings. The zero-order chi connectivity index (χ0) is 23.1. The van der Waals surface area contributed by atoms with Crippen molar-refractivity contribution in [2.45, 2.75) is 115 Å². The van der Waals surface area contributed by atoms with Gasteiger partial charge >= 0.3 is 0 Å². The molecule has 0 aromatic heterocycles. The molecule has 0 spiro atoms. The van der Waals surface area contributed by atoms with Gasteiger partial charge in [-0.05, 0) is 25.7 Å². The van der Waals surface area contributed by atoms with Gasteiger partial charge < -0.3 is 38.6 Å². The molecule has 0 amide bonds. The van der Waals surface area contributed by atoms with Crippen LogP contribution in [0.1, 0.15) is 90.9 Å². The monoisotopic (exact) mass is 462 g/mol. The standard InChI is InChI=1S/C24H46O8/c1-3-5-9-13-23(25)29-19-21(31-23)17-27-15-11-7-8-12-16-28-18-22-20-30-24(26,32-22)14-10-6-4-2/h21-22,25-26H,3-20H2,1-2H3. The van der Waals surface area contributed by atoms with Crippen LogP contribution in [-0.2, 0) is 28.4 Å². The van der Waals surface area contributed by atoms with E-state index in [0.717, 1.165) is 64.2 Å². The van der Waals surface area contributed by atoms with E-state index in [9.17, 15) is 10.2 Å². The lowest BCUT2D eigenvalue weighted by atomic mass is 10.2. The minimum Gasteiger partial charge on any atom is -0.379 e. The zero-order valence-corrected chi connectivity index (χ0v) is 20.2. The molecule has 8 nitrogen and oxygen atoms in total. The third kappa shape index (κ3) is 11.2. The van der Waals surface area contributed by atoms with E-state index in [1.807, 2.05) is 0 Å². The fraction of sp³-hybridized carbons (Fsp3) is 1.00. The summed E-state index contributed by atoms with van der Waals surface area (Å²) in [4.78, 5) is 0. The Hall–Kier alpha value is -0.320. The molecule has 4 unspecified atom stereocenters. The van der Waals surface area contributed by atoms with Gasteiger partial charge in [0, 0.05) is 26.1 Å². The minimum atomic E-state index is -1.42. The third-order valence-electron chi connectivity index (χ3n) is 5.82. The Morgan fingerprint density at radius 3 is 1.50 bits per heavy atom. The molecular formula is C24H46O8. The lowest BCUT2D eigenvalue weighted by Crippen LogP contribution is -2.31. The normalized spacial score (nSPS) is 30.4. The van der Waals surface area contributed by atoms with Crippen molar-refractivity contribution in [2.75, 3.05) is 39.6 Å². The molecule has 2 aliphatic heterocycles. The Labute approximate surface area is 193 Å². The van der Waals surface area contributed by atoms with Crippen molar-refractivity contribution in [3.8, 4) is 0 Å². The molecule has 2 aliphatic rings. The van der Waals surface area contributed by atoms with E-state index in [0.29, 0.717) is 52.5 Å². The van der Waals surface area contributed by atoms with E-state index in [1.54, 1.807) is 0 Å². The Bertz CT molecular complexity index is 437. The first-order valence-electron chi connectivity index (χ1n) is 12.7. The quantitative estimate of drug-likeness (QED) is 0.279. The van der Waals surface area contributed by atoms with Crippen LogP contribution in [0.15, 0.2) is 0 Å². The first-order chi connectivity index (χ1) is 15.5. The average Bonchev–Trinajstić information content (AvgIpc) is 3.33. The summed E-state index contributed by atoms with van der Waals surface area (Å²) < 4.78 is 33.4. The molecule has 0 aliphatic carbocycles. The van der Waals surface area contributed by atoms with Crippen LogP contribution in [0.2, 0.25) is 0 Å². The molecule has 0 bridgehead atoms. The van der Waals surface area contributed by atoms with Crippen LogP contribution < -0.4 is 0 Å². The number of hydrogen-bond acceptors (Lipinski definition) is 8. The van der Waals surface area contributed by atoms with Crippen molar-refractivity contribution < 1.29 is 38.6 Å². The highest BCUT2D eigenvalue weighted by Gasteiger charge is 2.40. The molecule has 4 atom stereocenters. The topological polar surface area (TPSA) is 95.8 Å². The Kier molecular flexibility index (Phi) is 13.6. The molecular weight excluding hydrogens is 416 g/mol. The predicted molar refractivity (Wildman–Crippen MR) is 120 cm³/mol. The lowest BCUT2D eigenvalue weighted by Gasteiger charge is -2.21. The van der Waals surface area contributed by atoms with Gasteiger partial charge in [-0.25, -0.2) is 0 Å². The second-order valence-corrected chi connectivity index (χ2v) is 9.01. The average molecular weight is 463 g/mol. The van der Waals surface area contributed by atoms with E-state index >= 15 is 0 Å². The number of aliphatic hydroxyl groups is 2. The van der Waals surface area contributed by atoms with Crippen molar-refractivity contribution in [3.63, 3.8) is 0 Å². The van der Waals surface area contributed by atoms with Gasteiger partial charge in [-0.15, -0.1) is 0 Å². The van der Waals surface area contributed by atoms with E-state index in [2.05, 4.69) is 13.8 Å². The summed E-state index contributed by atoms with van der Waals surface area (Å²) in [6, 6.07) is 0. The maximum atomic E-state index is 10.2. The van der Waals surface area contributed by atoms with Crippen molar-refractivity contribution in [1.82, 2.24) is 0 Å². The molecule has 0 saturated carbocycles. The number of rotatable bonds is 19. The first kappa shape index (κ1) is 27.9. The van der Waals surface area contributed by atoms with Gasteiger partial charge in [-0.3, -0.25) is 0 Å². The van der Waals surface area contributed by atoms with Gasteiger partial charge in [0.2, 0.25) is 0 Å². The van der Waals surface area contributed by atoms with Crippen molar-refractivity contribution in [1.29, 1.82) is 0 Å². The molecule has 2 saturated heterocycles. The van der Waals surface area contributed by atoms with E-state index in [4.69, 9.17) is 28.4 Å². The summed E-state index contributed by atoms with van der Waals surface area (Å²) in [6.07, 6.45) is 10.9. The molecule has 2 heterocycles. The van der Waals surface area contributed by atoms with Crippen LogP contribution in [0, 0.1) is 0 Å². The Balaban J connectivity index is 1.37. The largest absolute Gasteiger partial charge is 0.379 e. The van der Waals surface area contributed by atoms with Gasteiger partial charge in [0.15, 0.2) is 0 Å². The highest BCUT2D eigenvalue weighted by atomic mass is 16.9. The van der Waals surface area contributed by atoms with Crippen LogP contribution in [0.4, 0.5) is 0 Å². The van der Waals surface area contributed by atoms with Crippen LogP contribution in [0.5, 0.6) is 0 Å². The molecule has 0 aromatic carbocycles. The van der Waals surface area contributed by atoms with E-state index in [1.165, 1.54) is 0 Å². The molecule has 8 heteroatoms. The molecule has 2 N–H and O–H groups in total. The van der Waals surface area contributed by atoms with Crippen LogP contribution in [0.25, 0.3) is 0 Å². The van der Waals surface area contributed by atoms with Crippen molar-refractivity contribution in [3.05, 3.63) is 0 Å². The zero-order valence-electron chi connectivity index (χ0n) is 20.2. The fourth-order valence-electron chi connectivity index (χ4n) is 3.92. The summed E-state index contributed by atoms with van der Waals surface area (Å²) in [6.45, 7) is 7.28. The van der Waals surface area contributed by atoms with E-state index < -0.39 is 11.9 Å². The van der Waals surface area contributed by atoms with Crippen LogP contribution >= 0.6 is 0 Å². The van der Waals surface area contributed by atoms with Crippen molar-refractivity contribution in [2.24, 2.45) is 0 Å². The summed E-state index contributed by atoms with van der Waals surface area (Å²) in [5, 5.41) is 20.5. The Morgan fingerprint density at radius 1 is 0.656 bits per heavy atom. The number of hydrogen-bond donors (Lipinski definition) is 2. The third-order valence-corrected chi connectivity index (χ3v) is 5.82. The maximum absolute atomic E-state index is 10.2. The minimum absolute atomic E-state index is 0.193. The smallest absolute Gasteiger partial charge is 0.280 e. The molecule has 2 fully saturated rings. The highest BCUT2D eigenvalue weighted by molar-refractivity contribution is 4.71. The molecule has 0 radical (unpaired) electrons. The van der Waals surface area contributed by atoms with Gasteiger partial charge in [0.05, 0.1) is 26.4 Å². The number of ether oxygens (including phenoxy) is 6. The van der Waals surface area contributed by atoms with Crippen LogP contribution in [0.3, 0.4) is 0 Å². The van der Waals surface area contributed by atoms with Gasteiger partial charge in [0.1, 0.15) is 12.2 Å². The molecule has 32 heavy (non-hydrogen) atoms. The summed E-state index contributed by atoms with van der Waals surface area (Å²) in [5.74, 6) is -2.85. The van der Waals surface area contributed by atoms with E-state index in [-0.39, 0.29) is 12.2 Å².